The molecule has 3 nitrogen and oxygen atoms in total. The van der Waals surface area contributed by atoms with Crippen molar-refractivity contribution in [3.63, 3.8) is 0 Å². The van der Waals surface area contributed by atoms with E-state index < -0.39 is 8.25 Å². The highest BCUT2D eigenvalue weighted by Gasteiger charge is 2.01. The molecule has 1 heterocycles. The van der Waals surface area contributed by atoms with Gasteiger partial charge in [0.25, 0.3) is 0 Å². The summed E-state index contributed by atoms with van der Waals surface area (Å²) in [5.41, 5.74) is 0. The fourth-order valence-electron chi connectivity index (χ4n) is 1.97. The molecule has 16 heavy (non-hydrogen) atoms. The zero-order chi connectivity index (χ0) is 11.5. The standard InChI is InChI=1S/C12H25O3P/c13-16-14-11-9-7-5-3-1-2-4-6-8-10-12-15-16/h16H,1-12H2. The molecule has 0 aromatic heterocycles. The maximum atomic E-state index is 11.3. The van der Waals surface area contributed by atoms with Crippen LogP contribution in [0.2, 0.25) is 0 Å². The van der Waals surface area contributed by atoms with Crippen LogP contribution in [0.5, 0.6) is 0 Å². The van der Waals surface area contributed by atoms with E-state index in [4.69, 9.17) is 9.05 Å². The molecule has 0 saturated carbocycles. The van der Waals surface area contributed by atoms with Crippen molar-refractivity contribution in [1.82, 2.24) is 0 Å². The van der Waals surface area contributed by atoms with Gasteiger partial charge in [-0.3, -0.25) is 4.57 Å². The summed E-state index contributed by atoms with van der Waals surface area (Å²) in [6.45, 7) is 1.19. The first-order valence-corrected chi connectivity index (χ1v) is 7.91. The molecular formula is C12H25O3P. The van der Waals surface area contributed by atoms with E-state index >= 15 is 0 Å². The Morgan fingerprint density at radius 1 is 0.562 bits per heavy atom. The van der Waals surface area contributed by atoms with Crippen molar-refractivity contribution in [1.29, 1.82) is 0 Å². The smallest absolute Gasteiger partial charge is 0.311 e. The molecule has 96 valence electrons. The third-order valence-corrected chi connectivity index (χ3v) is 3.86. The quantitative estimate of drug-likeness (QED) is 0.599. The van der Waals surface area contributed by atoms with Gasteiger partial charge in [-0.05, 0) is 12.8 Å². The van der Waals surface area contributed by atoms with Gasteiger partial charge in [0.05, 0.1) is 13.2 Å². The first kappa shape index (κ1) is 14.2. The Balaban J connectivity index is 2.13. The topological polar surface area (TPSA) is 35.5 Å². The van der Waals surface area contributed by atoms with Gasteiger partial charge in [0.15, 0.2) is 0 Å². The molecular weight excluding hydrogens is 223 g/mol. The van der Waals surface area contributed by atoms with Gasteiger partial charge in [0.2, 0.25) is 0 Å². The van der Waals surface area contributed by atoms with Gasteiger partial charge in [-0.1, -0.05) is 51.4 Å². The molecule has 0 amide bonds. The largest absolute Gasteiger partial charge is 0.319 e. The van der Waals surface area contributed by atoms with Crippen molar-refractivity contribution in [2.45, 2.75) is 64.2 Å². The predicted octanol–water partition coefficient (Wildman–Crippen LogP) is 4.32. The maximum Gasteiger partial charge on any atom is 0.319 e. The van der Waals surface area contributed by atoms with E-state index in [1.54, 1.807) is 0 Å². The number of hydrogen-bond donors (Lipinski definition) is 0. The van der Waals surface area contributed by atoms with Crippen molar-refractivity contribution in [2.24, 2.45) is 0 Å². The minimum atomic E-state index is -2.20. The van der Waals surface area contributed by atoms with Crippen LogP contribution in [0.15, 0.2) is 0 Å². The van der Waals surface area contributed by atoms with Gasteiger partial charge in [-0.25, -0.2) is 0 Å². The minimum absolute atomic E-state index is 0.595. The van der Waals surface area contributed by atoms with Crippen LogP contribution in [-0.2, 0) is 13.6 Å². The Kier molecular flexibility index (Phi) is 9.16. The zero-order valence-corrected chi connectivity index (χ0v) is 11.2. The van der Waals surface area contributed by atoms with Crippen LogP contribution >= 0.6 is 8.25 Å². The molecule has 0 radical (unpaired) electrons. The average molecular weight is 248 g/mol. The summed E-state index contributed by atoms with van der Waals surface area (Å²) in [5, 5.41) is 0. The van der Waals surface area contributed by atoms with Crippen molar-refractivity contribution in [3.05, 3.63) is 0 Å². The van der Waals surface area contributed by atoms with Crippen molar-refractivity contribution in [2.75, 3.05) is 13.2 Å². The van der Waals surface area contributed by atoms with Gasteiger partial charge >= 0.3 is 8.25 Å². The normalized spacial score (nSPS) is 24.5. The fourth-order valence-corrected chi connectivity index (χ4v) is 2.68. The van der Waals surface area contributed by atoms with E-state index in [2.05, 4.69) is 0 Å². The monoisotopic (exact) mass is 248 g/mol. The lowest BCUT2D eigenvalue weighted by atomic mass is 10.1. The fraction of sp³-hybridized carbons (Fsp3) is 1.00. The minimum Gasteiger partial charge on any atom is -0.311 e. The Labute approximate surface area is 99.9 Å². The summed E-state index contributed by atoms with van der Waals surface area (Å²) in [4.78, 5) is 0. The first-order valence-electron chi connectivity index (χ1n) is 6.69. The Hall–Kier alpha value is 0.150. The summed E-state index contributed by atoms with van der Waals surface area (Å²) < 4.78 is 21.5. The maximum absolute atomic E-state index is 11.3. The first-order chi connectivity index (χ1) is 7.89. The van der Waals surface area contributed by atoms with Crippen LogP contribution in [0.4, 0.5) is 0 Å². The van der Waals surface area contributed by atoms with E-state index in [1.165, 1.54) is 51.4 Å². The van der Waals surface area contributed by atoms with E-state index in [1.807, 2.05) is 0 Å². The van der Waals surface area contributed by atoms with Crippen molar-refractivity contribution < 1.29 is 13.6 Å². The molecule has 0 unspecified atom stereocenters. The molecule has 0 atom stereocenters. The highest BCUT2D eigenvalue weighted by molar-refractivity contribution is 7.33. The average Bonchev–Trinajstić information content (AvgIpc) is 2.29. The Bertz CT molecular complexity index is 167. The zero-order valence-electron chi connectivity index (χ0n) is 10.2. The molecule has 0 aliphatic carbocycles. The molecule has 1 aliphatic rings. The van der Waals surface area contributed by atoms with Crippen LogP contribution in [0.3, 0.4) is 0 Å². The molecule has 1 saturated heterocycles. The van der Waals surface area contributed by atoms with E-state index in [-0.39, 0.29) is 0 Å². The van der Waals surface area contributed by atoms with Gasteiger partial charge < -0.3 is 9.05 Å². The molecule has 0 bridgehead atoms. The van der Waals surface area contributed by atoms with Gasteiger partial charge in [0.1, 0.15) is 0 Å². The van der Waals surface area contributed by atoms with Gasteiger partial charge in [0, 0.05) is 0 Å². The summed E-state index contributed by atoms with van der Waals surface area (Å²) in [5.74, 6) is 0. The second-order valence-corrected chi connectivity index (χ2v) is 5.56. The van der Waals surface area contributed by atoms with Crippen LogP contribution in [0.1, 0.15) is 64.2 Å². The van der Waals surface area contributed by atoms with Crippen LogP contribution in [0, 0.1) is 0 Å². The molecule has 0 aromatic carbocycles. The van der Waals surface area contributed by atoms with Crippen molar-refractivity contribution in [3.8, 4) is 0 Å². The van der Waals surface area contributed by atoms with E-state index in [9.17, 15) is 4.57 Å². The molecule has 1 fully saturated rings. The SMILES string of the molecule is O=[PH]1OCCCCCCCCCCCCO1. The summed E-state index contributed by atoms with van der Waals surface area (Å²) in [6, 6.07) is 0. The predicted molar refractivity (Wildman–Crippen MR) is 67.1 cm³/mol. The molecule has 1 aliphatic heterocycles. The second kappa shape index (κ2) is 10.3. The van der Waals surface area contributed by atoms with E-state index in [0.717, 1.165) is 12.8 Å². The molecule has 1 rings (SSSR count). The van der Waals surface area contributed by atoms with Crippen LogP contribution < -0.4 is 0 Å². The third kappa shape index (κ3) is 8.32. The number of hydrogen-bond acceptors (Lipinski definition) is 3. The summed E-state index contributed by atoms with van der Waals surface area (Å²) in [6.07, 6.45) is 12.4. The molecule has 0 N–H and O–H groups in total. The Morgan fingerprint density at radius 2 is 0.875 bits per heavy atom. The number of rotatable bonds is 0. The van der Waals surface area contributed by atoms with Gasteiger partial charge in [-0.15, -0.1) is 0 Å². The van der Waals surface area contributed by atoms with Crippen molar-refractivity contribution >= 4 is 8.25 Å². The molecule has 0 spiro atoms. The molecule has 4 heteroatoms. The van der Waals surface area contributed by atoms with Crippen LogP contribution in [0.25, 0.3) is 0 Å². The highest BCUT2D eigenvalue weighted by Crippen LogP contribution is 2.25. The summed E-state index contributed by atoms with van der Waals surface area (Å²) in [7, 11) is -2.20. The third-order valence-electron chi connectivity index (χ3n) is 2.98. The lowest BCUT2D eigenvalue weighted by Crippen LogP contribution is -1.91. The van der Waals surface area contributed by atoms with E-state index in [0.29, 0.717) is 13.2 Å². The highest BCUT2D eigenvalue weighted by atomic mass is 31.1. The Morgan fingerprint density at radius 3 is 1.25 bits per heavy atom. The lowest BCUT2D eigenvalue weighted by molar-refractivity contribution is 0.218. The second-order valence-electron chi connectivity index (χ2n) is 4.48. The van der Waals surface area contributed by atoms with Gasteiger partial charge in [-0.2, -0.15) is 0 Å². The summed E-state index contributed by atoms with van der Waals surface area (Å²) >= 11 is 0. The lowest BCUT2D eigenvalue weighted by Gasteiger charge is -2.04. The van der Waals surface area contributed by atoms with Crippen LogP contribution in [-0.4, -0.2) is 13.2 Å². The molecule has 0 aromatic rings.